The molecule has 0 amide bonds. The summed E-state index contributed by atoms with van der Waals surface area (Å²) < 4.78 is 7.01. The highest BCUT2D eigenvalue weighted by atomic mass is 16.5. The van der Waals surface area contributed by atoms with Crippen LogP contribution in [-0.2, 0) is 4.74 Å². The number of carbonyl (C=O) groups is 1. The van der Waals surface area contributed by atoms with Crippen molar-refractivity contribution in [2.24, 2.45) is 0 Å². The van der Waals surface area contributed by atoms with E-state index in [9.17, 15) is 10.1 Å². The van der Waals surface area contributed by atoms with Crippen LogP contribution in [0.3, 0.4) is 0 Å². The second-order valence-electron chi connectivity index (χ2n) is 8.58. The van der Waals surface area contributed by atoms with E-state index < -0.39 is 0 Å². The molecule has 1 N–H and O–H groups in total. The SMILES string of the molecule is CN[C@H]1C[C@H](n2cc(C#N)c3ccc(N4CCN(c5cc(C(=O)OC)ccn5)CC4)nc32)C1. The van der Waals surface area contributed by atoms with Crippen LogP contribution >= 0.6 is 0 Å². The summed E-state index contributed by atoms with van der Waals surface area (Å²) in [6, 6.07) is 10.7. The molecule has 2 fully saturated rings. The summed E-state index contributed by atoms with van der Waals surface area (Å²) >= 11 is 0. The molecular formula is C24H27N7O2. The molecule has 9 nitrogen and oxygen atoms in total. The number of nitriles is 1. The predicted molar refractivity (Wildman–Crippen MR) is 126 cm³/mol. The predicted octanol–water partition coefficient (Wildman–Crippen LogP) is 2.34. The fourth-order valence-corrected chi connectivity index (χ4v) is 4.71. The van der Waals surface area contributed by atoms with Crippen molar-refractivity contribution < 1.29 is 9.53 Å². The summed E-state index contributed by atoms with van der Waals surface area (Å²) in [5, 5.41) is 13.8. The minimum atomic E-state index is -0.359. The number of hydrogen-bond donors (Lipinski definition) is 1. The molecule has 1 saturated carbocycles. The van der Waals surface area contributed by atoms with E-state index in [1.54, 1.807) is 18.3 Å². The lowest BCUT2D eigenvalue weighted by Crippen LogP contribution is -2.47. The first-order chi connectivity index (χ1) is 16.1. The van der Waals surface area contributed by atoms with Gasteiger partial charge < -0.3 is 24.4 Å². The molecule has 4 heterocycles. The highest BCUT2D eigenvalue weighted by Crippen LogP contribution is 2.36. The Labute approximate surface area is 192 Å². The quantitative estimate of drug-likeness (QED) is 0.598. The summed E-state index contributed by atoms with van der Waals surface area (Å²) in [7, 11) is 3.37. The molecule has 33 heavy (non-hydrogen) atoms. The number of esters is 1. The van der Waals surface area contributed by atoms with E-state index in [0.717, 1.165) is 61.7 Å². The van der Waals surface area contributed by atoms with Crippen molar-refractivity contribution in [3.63, 3.8) is 0 Å². The van der Waals surface area contributed by atoms with Gasteiger partial charge in [0, 0.05) is 56.0 Å². The lowest BCUT2D eigenvalue weighted by atomic mass is 9.87. The smallest absolute Gasteiger partial charge is 0.338 e. The van der Waals surface area contributed by atoms with Crippen molar-refractivity contribution in [1.29, 1.82) is 5.26 Å². The average molecular weight is 446 g/mol. The molecule has 0 aromatic carbocycles. The van der Waals surface area contributed by atoms with Gasteiger partial charge in [0.1, 0.15) is 23.4 Å². The number of methoxy groups -OCH3 is 1. The van der Waals surface area contributed by atoms with E-state index in [1.165, 1.54) is 7.11 Å². The molecule has 0 radical (unpaired) electrons. The summed E-state index contributed by atoms with van der Waals surface area (Å²) in [4.78, 5) is 25.7. The standard InChI is InChI=1S/C24H27N7O2/c1-26-18-12-19(13-18)31-15-17(14-25)20-3-4-21(28-23(20)31)29-7-9-30(10-8-29)22-11-16(5-6-27-22)24(32)33-2/h3-6,11,15,18-19,26H,7-10,12-13H2,1-2H3/t18-,19-. The number of aromatic nitrogens is 3. The van der Waals surface area contributed by atoms with Crippen molar-refractivity contribution in [3.05, 3.63) is 47.8 Å². The molecule has 0 bridgehead atoms. The Bertz CT molecular complexity index is 1220. The monoisotopic (exact) mass is 445 g/mol. The van der Waals surface area contributed by atoms with Gasteiger partial charge in [-0.05, 0) is 44.2 Å². The van der Waals surface area contributed by atoms with E-state index in [2.05, 4.69) is 30.7 Å². The van der Waals surface area contributed by atoms with Crippen LogP contribution in [0, 0.1) is 11.3 Å². The van der Waals surface area contributed by atoms with Crippen molar-refractivity contribution in [2.45, 2.75) is 24.9 Å². The number of pyridine rings is 2. The number of ether oxygens (including phenoxy) is 1. The van der Waals surface area contributed by atoms with Gasteiger partial charge in [-0.1, -0.05) is 0 Å². The second kappa shape index (κ2) is 8.71. The Morgan fingerprint density at radius 2 is 1.88 bits per heavy atom. The van der Waals surface area contributed by atoms with Gasteiger partial charge in [-0.15, -0.1) is 0 Å². The molecule has 5 rings (SSSR count). The van der Waals surface area contributed by atoms with Crippen molar-refractivity contribution >= 4 is 28.6 Å². The number of anilines is 2. The van der Waals surface area contributed by atoms with Gasteiger partial charge in [0.2, 0.25) is 0 Å². The van der Waals surface area contributed by atoms with Crippen LogP contribution < -0.4 is 15.1 Å². The van der Waals surface area contributed by atoms with Crippen LogP contribution in [0.1, 0.15) is 34.8 Å². The molecule has 0 atom stereocenters. The van der Waals surface area contributed by atoms with Gasteiger partial charge in [-0.25, -0.2) is 14.8 Å². The van der Waals surface area contributed by atoms with Gasteiger partial charge >= 0.3 is 5.97 Å². The Morgan fingerprint density at radius 3 is 2.55 bits per heavy atom. The molecule has 3 aromatic heterocycles. The fourth-order valence-electron chi connectivity index (χ4n) is 4.71. The van der Waals surface area contributed by atoms with Gasteiger partial charge in [0.05, 0.1) is 18.2 Å². The number of hydrogen-bond acceptors (Lipinski definition) is 8. The van der Waals surface area contributed by atoms with Gasteiger partial charge in [-0.2, -0.15) is 5.26 Å². The Morgan fingerprint density at radius 1 is 1.15 bits per heavy atom. The van der Waals surface area contributed by atoms with E-state index in [0.29, 0.717) is 23.2 Å². The first kappa shape index (κ1) is 21.2. The zero-order chi connectivity index (χ0) is 22.9. The third-order valence-corrected chi connectivity index (χ3v) is 6.79. The molecule has 2 aliphatic rings. The highest BCUT2D eigenvalue weighted by molar-refractivity contribution is 5.90. The minimum Gasteiger partial charge on any atom is -0.465 e. The molecule has 1 saturated heterocycles. The summed E-state index contributed by atoms with van der Waals surface area (Å²) in [5.41, 5.74) is 2.07. The number of carbonyl (C=O) groups excluding carboxylic acids is 1. The van der Waals surface area contributed by atoms with Crippen LogP contribution in [0.5, 0.6) is 0 Å². The second-order valence-corrected chi connectivity index (χ2v) is 8.58. The number of nitrogens with zero attached hydrogens (tertiary/aromatic N) is 6. The third-order valence-electron chi connectivity index (χ3n) is 6.79. The van der Waals surface area contributed by atoms with E-state index in [4.69, 9.17) is 9.72 Å². The van der Waals surface area contributed by atoms with Gasteiger partial charge in [0.25, 0.3) is 0 Å². The maximum Gasteiger partial charge on any atom is 0.338 e. The van der Waals surface area contributed by atoms with E-state index in [1.807, 2.05) is 25.4 Å². The summed E-state index contributed by atoms with van der Waals surface area (Å²) in [5.74, 6) is 1.34. The zero-order valence-corrected chi connectivity index (χ0v) is 18.9. The molecule has 0 unspecified atom stereocenters. The van der Waals surface area contributed by atoms with Crippen LogP contribution in [0.15, 0.2) is 36.7 Å². The summed E-state index contributed by atoms with van der Waals surface area (Å²) in [6.07, 6.45) is 5.69. The number of nitrogens with one attached hydrogen (secondary N) is 1. The normalized spacial score (nSPS) is 20.4. The number of piperazine rings is 1. The van der Waals surface area contributed by atoms with Crippen molar-refractivity contribution in [2.75, 3.05) is 50.1 Å². The Hall–Kier alpha value is -3.64. The van der Waals surface area contributed by atoms with Crippen LogP contribution in [0.25, 0.3) is 11.0 Å². The first-order valence-electron chi connectivity index (χ1n) is 11.2. The molecule has 170 valence electrons. The van der Waals surface area contributed by atoms with Gasteiger partial charge in [0.15, 0.2) is 0 Å². The molecule has 9 heteroatoms. The van der Waals surface area contributed by atoms with E-state index in [-0.39, 0.29) is 5.97 Å². The van der Waals surface area contributed by atoms with Crippen LogP contribution in [0.2, 0.25) is 0 Å². The van der Waals surface area contributed by atoms with E-state index >= 15 is 0 Å². The molecular weight excluding hydrogens is 418 g/mol. The Kier molecular flexibility index (Phi) is 5.60. The van der Waals surface area contributed by atoms with Gasteiger partial charge in [-0.3, -0.25) is 0 Å². The Balaban J connectivity index is 1.34. The topological polar surface area (TPSA) is 99.3 Å². The maximum absolute atomic E-state index is 11.8. The zero-order valence-electron chi connectivity index (χ0n) is 18.9. The molecule has 0 spiro atoms. The maximum atomic E-state index is 11.8. The van der Waals surface area contributed by atoms with Crippen LogP contribution in [-0.4, -0.2) is 66.9 Å². The number of rotatable bonds is 5. The fraction of sp³-hybridized carbons (Fsp3) is 0.417. The third kappa shape index (κ3) is 3.87. The highest BCUT2D eigenvalue weighted by Gasteiger charge is 2.31. The summed E-state index contributed by atoms with van der Waals surface area (Å²) in [6.45, 7) is 3.13. The first-order valence-corrected chi connectivity index (χ1v) is 11.2. The van der Waals surface area contributed by atoms with Crippen molar-refractivity contribution in [1.82, 2.24) is 19.9 Å². The van der Waals surface area contributed by atoms with Crippen LogP contribution in [0.4, 0.5) is 11.6 Å². The minimum absolute atomic E-state index is 0.359. The largest absolute Gasteiger partial charge is 0.465 e. The van der Waals surface area contributed by atoms with Crippen molar-refractivity contribution in [3.8, 4) is 6.07 Å². The molecule has 1 aliphatic carbocycles. The lowest BCUT2D eigenvalue weighted by Gasteiger charge is -2.37. The molecule has 1 aliphatic heterocycles. The number of fused-ring (bicyclic) bond motifs is 1. The lowest BCUT2D eigenvalue weighted by molar-refractivity contribution is 0.0600. The average Bonchev–Trinajstić information content (AvgIpc) is 3.21. The molecule has 3 aromatic rings.